The van der Waals surface area contributed by atoms with Gasteiger partial charge in [0.15, 0.2) is 0 Å². The number of nitrogen functional groups attached to an aromatic ring is 1. The summed E-state index contributed by atoms with van der Waals surface area (Å²) in [6.07, 6.45) is 10.8. The Labute approximate surface area is 465 Å². The van der Waals surface area contributed by atoms with Gasteiger partial charge in [-0.3, -0.25) is 24.4 Å². The number of carboxylic acids is 1. The SMILES string of the molecule is COC(=O)/C=C/c1ccccc1N.COC(=O)/C=C/c1ccccc1NC(=O)c1cccc(C#N)c1.N#Cc1cccc(C(=O)Nc2ccccc2/C=C/C(=O)NO)c1.N#Cc1cccc(C(=O)Nc2ccccc2/C=C/C(=O)O)c1. The Morgan fingerprint density at radius 3 is 1.10 bits per heavy atom. The zero-order chi connectivity index (χ0) is 58.9. The van der Waals surface area contributed by atoms with Crippen molar-refractivity contribution in [2.75, 3.05) is 35.9 Å². The third-order valence-corrected chi connectivity index (χ3v) is 10.5. The Kier molecular flexibility index (Phi) is 25.2. The van der Waals surface area contributed by atoms with Crippen molar-refractivity contribution in [3.63, 3.8) is 0 Å². The molecule has 19 nitrogen and oxygen atoms in total. The van der Waals surface area contributed by atoms with Gasteiger partial charge in [-0.25, -0.2) is 19.9 Å². The molecule has 0 saturated heterocycles. The highest BCUT2D eigenvalue weighted by Crippen LogP contribution is 2.21. The molecule has 0 heterocycles. The molecular formula is C62H50N8O11. The number of carbonyl (C=O) groups excluding carboxylic acids is 6. The summed E-state index contributed by atoms with van der Waals surface area (Å²) in [5, 5.41) is 52.0. The number of esters is 2. The molecule has 0 radical (unpaired) electrons. The number of aliphatic carboxylic acids is 1. The molecule has 19 heteroatoms. The van der Waals surface area contributed by atoms with E-state index in [1.807, 2.05) is 36.4 Å². The van der Waals surface area contributed by atoms with Crippen LogP contribution < -0.4 is 27.2 Å². The summed E-state index contributed by atoms with van der Waals surface area (Å²) >= 11 is 0. The minimum Gasteiger partial charge on any atom is -0.478 e. The highest BCUT2D eigenvalue weighted by molar-refractivity contribution is 6.07. The van der Waals surface area contributed by atoms with Crippen LogP contribution in [0.15, 0.2) is 194 Å². The van der Waals surface area contributed by atoms with Crippen molar-refractivity contribution in [3.8, 4) is 18.2 Å². The maximum Gasteiger partial charge on any atom is 0.330 e. The zero-order valence-corrected chi connectivity index (χ0v) is 43.3. The van der Waals surface area contributed by atoms with Crippen LogP contribution in [0.1, 0.15) is 70.0 Å². The lowest BCUT2D eigenvalue weighted by Crippen LogP contribution is -2.15. The molecule has 0 atom stereocenters. The van der Waals surface area contributed by atoms with Gasteiger partial charge in [0.2, 0.25) is 0 Å². The van der Waals surface area contributed by atoms with Gasteiger partial charge >= 0.3 is 17.9 Å². The number of nitriles is 3. The van der Waals surface area contributed by atoms with Crippen molar-refractivity contribution < 1.29 is 53.3 Å². The van der Waals surface area contributed by atoms with E-state index in [-0.39, 0.29) is 23.7 Å². The molecule has 7 aromatic rings. The Morgan fingerprint density at radius 1 is 0.444 bits per heavy atom. The number of ether oxygens (including phenoxy) is 2. The Morgan fingerprint density at radius 2 is 0.765 bits per heavy atom. The summed E-state index contributed by atoms with van der Waals surface area (Å²) in [6, 6.07) is 53.1. The standard InChI is InChI=1S/C18H14N2O3.C17H13N3O3.C17H12N2O3.C10H11NO2/c1-23-17(21)10-9-14-6-2-3-8-16(14)20-18(22)15-7-4-5-13(11-15)12-19;18-11-12-4-3-6-14(10-12)17(22)19-15-7-2-1-5-13(15)8-9-16(21)20-23;18-11-12-4-3-6-14(10-12)17(22)19-15-7-2-1-5-13(15)8-9-16(20)21;1-13-10(12)7-6-8-4-2-3-5-9(8)11/h2-11H,1H3,(H,20,22);1-10,23H,(H,19,22)(H,20,21);1-10H,(H,19,22)(H,20,21);2-7H,11H2,1H3/b10-9+;2*9-8+;7-6+. The van der Waals surface area contributed by atoms with E-state index in [1.165, 1.54) is 62.2 Å². The van der Waals surface area contributed by atoms with E-state index < -0.39 is 17.8 Å². The summed E-state index contributed by atoms with van der Waals surface area (Å²) in [5.74, 6) is -3.67. The average molecular weight is 1080 g/mol. The summed E-state index contributed by atoms with van der Waals surface area (Å²) < 4.78 is 8.99. The van der Waals surface area contributed by atoms with Crippen LogP contribution in [0.5, 0.6) is 0 Å². The summed E-state index contributed by atoms with van der Waals surface area (Å²) in [4.78, 5) is 80.3. The van der Waals surface area contributed by atoms with Crippen molar-refractivity contribution in [2.45, 2.75) is 0 Å². The Balaban J connectivity index is 0.000000237. The van der Waals surface area contributed by atoms with E-state index in [0.717, 1.165) is 17.7 Å². The van der Waals surface area contributed by atoms with Gasteiger partial charge in [0.1, 0.15) is 0 Å². The highest BCUT2D eigenvalue weighted by Gasteiger charge is 2.12. The third-order valence-electron chi connectivity index (χ3n) is 10.5. The first kappa shape index (κ1) is 61.6. The van der Waals surface area contributed by atoms with E-state index in [9.17, 15) is 33.6 Å². The number of anilines is 4. The van der Waals surface area contributed by atoms with Crippen molar-refractivity contribution in [3.05, 3.63) is 250 Å². The molecule has 0 aliphatic carbocycles. The van der Waals surface area contributed by atoms with Gasteiger partial charge in [-0.15, -0.1) is 0 Å². The van der Waals surface area contributed by atoms with Gasteiger partial charge in [-0.05, 0) is 125 Å². The van der Waals surface area contributed by atoms with E-state index in [4.69, 9.17) is 31.8 Å². The van der Waals surface area contributed by atoms with Crippen LogP contribution in [0.4, 0.5) is 22.7 Å². The normalized spacial score (nSPS) is 10.1. The maximum absolute atomic E-state index is 12.3. The van der Waals surface area contributed by atoms with Crippen LogP contribution in [0, 0.1) is 34.0 Å². The Hall–Kier alpha value is -12.0. The highest BCUT2D eigenvalue weighted by atomic mass is 16.5. The van der Waals surface area contributed by atoms with Crippen LogP contribution in [0.2, 0.25) is 0 Å². The van der Waals surface area contributed by atoms with Crippen molar-refractivity contribution >= 4 is 88.6 Å². The molecule has 0 aliphatic heterocycles. The molecule has 0 aliphatic rings. The fourth-order valence-corrected chi connectivity index (χ4v) is 6.52. The monoisotopic (exact) mass is 1080 g/mol. The first-order valence-electron chi connectivity index (χ1n) is 23.7. The molecular weight excluding hydrogens is 1030 g/mol. The number of nitrogens with two attached hydrogens (primary N) is 1. The van der Waals surface area contributed by atoms with Crippen molar-refractivity contribution in [1.82, 2.24) is 5.48 Å². The number of amides is 4. The second-order valence-corrected chi connectivity index (χ2v) is 16.0. The second kappa shape index (κ2) is 33.1. The number of rotatable bonds is 14. The summed E-state index contributed by atoms with van der Waals surface area (Å²) in [5.41, 5.74) is 14.3. The average Bonchev–Trinajstić information content (AvgIpc) is 3.56. The molecule has 4 amide bonds. The summed E-state index contributed by atoms with van der Waals surface area (Å²) in [6.45, 7) is 0. The number of benzene rings is 7. The third kappa shape index (κ3) is 21.3. The number of carboxylic acid groups (broad SMARTS) is 1. The van der Waals surface area contributed by atoms with Crippen LogP contribution in [-0.2, 0) is 28.7 Å². The van der Waals surface area contributed by atoms with Gasteiger partial charge in [-0.1, -0.05) is 91.0 Å². The lowest BCUT2D eigenvalue weighted by Gasteiger charge is -2.08. The maximum atomic E-state index is 12.3. The molecule has 404 valence electrons. The largest absolute Gasteiger partial charge is 0.478 e. The minimum atomic E-state index is -1.07. The molecule has 7 aromatic carbocycles. The molecule has 0 spiro atoms. The fraction of sp³-hybridized carbons (Fsp3) is 0.0323. The number of methoxy groups -OCH3 is 2. The van der Waals surface area contributed by atoms with Gasteiger partial charge in [0.25, 0.3) is 23.6 Å². The number of nitrogens with zero attached hydrogens (tertiary/aromatic N) is 3. The van der Waals surface area contributed by atoms with Gasteiger partial charge in [-0.2, -0.15) is 15.8 Å². The zero-order valence-electron chi connectivity index (χ0n) is 43.3. The number of hydrogen-bond acceptors (Lipinski definition) is 14. The van der Waals surface area contributed by atoms with Crippen molar-refractivity contribution in [1.29, 1.82) is 15.8 Å². The van der Waals surface area contributed by atoms with Crippen LogP contribution >= 0.6 is 0 Å². The molecule has 0 aromatic heterocycles. The molecule has 0 bridgehead atoms. The minimum absolute atomic E-state index is 0.332. The molecule has 81 heavy (non-hydrogen) atoms. The van der Waals surface area contributed by atoms with E-state index in [0.29, 0.717) is 72.8 Å². The van der Waals surface area contributed by atoms with Crippen LogP contribution in [0.25, 0.3) is 24.3 Å². The Bertz CT molecular complexity index is 3520. The topological polar surface area (TPSA) is 324 Å². The number of para-hydroxylation sites is 4. The van der Waals surface area contributed by atoms with Crippen molar-refractivity contribution in [2.24, 2.45) is 0 Å². The van der Waals surface area contributed by atoms with Crippen LogP contribution in [0.3, 0.4) is 0 Å². The predicted molar refractivity (Wildman–Crippen MR) is 305 cm³/mol. The first-order valence-corrected chi connectivity index (χ1v) is 23.7. The quantitative estimate of drug-likeness (QED) is 0.0175. The molecule has 0 unspecified atom stereocenters. The van der Waals surface area contributed by atoms with Crippen LogP contribution in [-0.4, -0.2) is 66.1 Å². The first-order chi connectivity index (χ1) is 39.1. The second-order valence-electron chi connectivity index (χ2n) is 16.0. The number of hydroxylamine groups is 1. The summed E-state index contributed by atoms with van der Waals surface area (Å²) in [7, 11) is 2.63. The lowest BCUT2D eigenvalue weighted by molar-refractivity contribution is -0.135. The van der Waals surface area contributed by atoms with E-state index >= 15 is 0 Å². The molecule has 0 saturated carbocycles. The van der Waals surface area contributed by atoms with Gasteiger partial charge in [0, 0.05) is 63.7 Å². The molecule has 0 fully saturated rings. The number of nitrogens with one attached hydrogen (secondary N) is 4. The fourth-order valence-electron chi connectivity index (χ4n) is 6.52. The predicted octanol–water partition coefficient (Wildman–Crippen LogP) is 9.69. The van der Waals surface area contributed by atoms with E-state index in [1.54, 1.807) is 146 Å². The smallest absolute Gasteiger partial charge is 0.330 e. The van der Waals surface area contributed by atoms with Gasteiger partial charge < -0.3 is 36.3 Å². The molecule has 8 N–H and O–H groups in total. The number of hydrogen-bond donors (Lipinski definition) is 7. The lowest BCUT2D eigenvalue weighted by atomic mass is 10.1. The molecule has 7 rings (SSSR count). The van der Waals surface area contributed by atoms with E-state index in [2.05, 4.69) is 25.4 Å². The van der Waals surface area contributed by atoms with Gasteiger partial charge in [0.05, 0.1) is 49.1 Å². The number of carbonyl (C=O) groups is 7.